The zero-order valence-corrected chi connectivity index (χ0v) is 12.5. The quantitative estimate of drug-likeness (QED) is 0.735. The minimum Gasteiger partial charge on any atom is -0.384 e. The number of nitrogens with zero attached hydrogens (tertiary/aromatic N) is 2. The maximum absolute atomic E-state index is 12.3. The maximum Gasteiger partial charge on any atom is 0.262 e. The molecule has 1 aromatic carbocycles. The molecule has 8 heteroatoms. The van der Waals surface area contributed by atoms with Gasteiger partial charge in [0.15, 0.2) is 0 Å². The monoisotopic (exact) mass is 358 g/mol. The lowest BCUT2D eigenvalue weighted by Crippen LogP contribution is -2.24. The van der Waals surface area contributed by atoms with Gasteiger partial charge in [0.05, 0.1) is 22.4 Å². The third-order valence-electron chi connectivity index (χ3n) is 3.27. The Bertz CT molecular complexity index is 956. The van der Waals surface area contributed by atoms with E-state index in [1.807, 2.05) is 6.07 Å². The second kappa shape index (κ2) is 4.82. The number of nitrogens with two attached hydrogens (primary N) is 1. The van der Waals surface area contributed by atoms with Crippen LogP contribution in [-0.2, 0) is 0 Å². The summed E-state index contributed by atoms with van der Waals surface area (Å²) in [4.78, 5) is 35.7. The number of carbonyl (C=O) groups excluding carboxylic acids is 2. The van der Waals surface area contributed by atoms with Crippen LogP contribution in [0.3, 0.4) is 0 Å². The van der Waals surface area contributed by atoms with Gasteiger partial charge in [0.2, 0.25) is 0 Å². The summed E-state index contributed by atoms with van der Waals surface area (Å²) in [6, 6.07) is 7.70. The van der Waals surface area contributed by atoms with Crippen LogP contribution in [0.5, 0.6) is 0 Å². The second-order valence-corrected chi connectivity index (χ2v) is 5.46. The molecule has 0 radical (unpaired) electrons. The zero-order valence-electron chi connectivity index (χ0n) is 10.9. The van der Waals surface area contributed by atoms with E-state index in [2.05, 4.69) is 21.2 Å². The van der Waals surface area contributed by atoms with Gasteiger partial charge in [-0.1, -0.05) is 15.9 Å². The van der Waals surface area contributed by atoms with Crippen LogP contribution >= 0.6 is 15.9 Å². The van der Waals surface area contributed by atoms with Gasteiger partial charge in [-0.25, -0.2) is 0 Å². The molecule has 0 unspecified atom stereocenters. The predicted molar refractivity (Wildman–Crippen MR) is 80.7 cm³/mol. The summed E-state index contributed by atoms with van der Waals surface area (Å²) in [7, 11) is 0. The van der Waals surface area contributed by atoms with E-state index in [0.29, 0.717) is 4.47 Å². The van der Waals surface area contributed by atoms with E-state index in [1.165, 1.54) is 12.1 Å². The van der Waals surface area contributed by atoms with Crippen molar-refractivity contribution in [3.8, 4) is 11.8 Å². The number of halogens is 1. The Morgan fingerprint density at radius 1 is 1.18 bits per heavy atom. The summed E-state index contributed by atoms with van der Waals surface area (Å²) in [5.41, 5.74) is 5.64. The van der Waals surface area contributed by atoms with Crippen LogP contribution < -0.4 is 16.6 Å². The Kier molecular flexibility index (Phi) is 3.08. The molecule has 1 aromatic heterocycles. The van der Waals surface area contributed by atoms with E-state index in [1.54, 1.807) is 6.07 Å². The molecule has 1 aliphatic heterocycles. The summed E-state index contributed by atoms with van der Waals surface area (Å²) in [6.45, 7) is 0. The molecule has 7 nitrogen and oxygen atoms in total. The number of carbonyl (C=O) groups is 2. The third kappa shape index (κ3) is 1.91. The van der Waals surface area contributed by atoms with Crippen molar-refractivity contribution in [1.29, 1.82) is 5.26 Å². The van der Waals surface area contributed by atoms with Gasteiger partial charge in [-0.2, -0.15) is 5.26 Å². The fourth-order valence-electron chi connectivity index (χ4n) is 2.32. The van der Waals surface area contributed by atoms with Crippen LogP contribution in [0, 0.1) is 11.3 Å². The molecule has 0 saturated heterocycles. The summed E-state index contributed by atoms with van der Waals surface area (Å²) in [5.74, 6) is -1.50. The average Bonchev–Trinajstić information content (AvgIpc) is 2.75. The first-order valence-corrected chi connectivity index (χ1v) is 6.84. The predicted octanol–water partition coefficient (Wildman–Crippen LogP) is 0.937. The number of nitrogens with one attached hydrogen (secondary N) is 1. The van der Waals surface area contributed by atoms with Crippen molar-refractivity contribution in [2.45, 2.75) is 0 Å². The van der Waals surface area contributed by atoms with Crippen molar-refractivity contribution < 1.29 is 9.59 Å². The number of benzene rings is 1. The number of nitrogen functional groups attached to an aromatic ring is 1. The van der Waals surface area contributed by atoms with Gasteiger partial charge in [0.25, 0.3) is 17.4 Å². The van der Waals surface area contributed by atoms with Gasteiger partial charge in [0, 0.05) is 10.5 Å². The smallest absolute Gasteiger partial charge is 0.262 e. The fourth-order valence-corrected chi connectivity index (χ4v) is 2.68. The zero-order chi connectivity index (χ0) is 16.0. The highest BCUT2D eigenvalue weighted by Crippen LogP contribution is 2.25. The number of hydrogen-bond acceptors (Lipinski definition) is 5. The van der Waals surface area contributed by atoms with Crippen molar-refractivity contribution in [2.75, 3.05) is 5.73 Å². The van der Waals surface area contributed by atoms with E-state index in [9.17, 15) is 19.6 Å². The Balaban J connectivity index is 2.38. The fraction of sp³-hybridized carbons (Fsp3) is 0. The van der Waals surface area contributed by atoms with Crippen LogP contribution in [0.25, 0.3) is 5.69 Å². The molecule has 3 rings (SSSR count). The lowest BCUT2D eigenvalue weighted by Gasteiger charge is -2.13. The van der Waals surface area contributed by atoms with Crippen molar-refractivity contribution in [3.05, 3.63) is 55.8 Å². The van der Waals surface area contributed by atoms with E-state index < -0.39 is 17.4 Å². The van der Waals surface area contributed by atoms with Gasteiger partial charge in [-0.15, -0.1) is 0 Å². The molecule has 0 aliphatic carbocycles. The van der Waals surface area contributed by atoms with Crippen molar-refractivity contribution in [2.24, 2.45) is 0 Å². The first-order valence-electron chi connectivity index (χ1n) is 6.05. The van der Waals surface area contributed by atoms with Crippen LogP contribution in [0.15, 0.2) is 33.5 Å². The summed E-state index contributed by atoms with van der Waals surface area (Å²) in [6.07, 6.45) is 0. The lowest BCUT2D eigenvalue weighted by atomic mass is 10.1. The minimum absolute atomic E-state index is 0.0561. The topological polar surface area (TPSA) is 118 Å². The number of hydrogen-bond donors (Lipinski definition) is 2. The SMILES string of the molecule is N#Cc1cc(Br)ccc1-n1c(N)c2c(cc1=O)C(=O)NC2=O. The summed E-state index contributed by atoms with van der Waals surface area (Å²) < 4.78 is 1.70. The highest BCUT2D eigenvalue weighted by atomic mass is 79.9. The minimum atomic E-state index is -0.665. The first kappa shape index (κ1) is 14.0. The number of aromatic nitrogens is 1. The molecular weight excluding hydrogens is 352 g/mol. The maximum atomic E-state index is 12.3. The van der Waals surface area contributed by atoms with Gasteiger partial charge in [-0.05, 0) is 18.2 Å². The number of pyridine rings is 1. The molecular formula is C14H7BrN4O3. The number of anilines is 1. The highest BCUT2D eigenvalue weighted by molar-refractivity contribution is 9.10. The number of amides is 2. The average molecular weight is 359 g/mol. The molecule has 2 amide bonds. The van der Waals surface area contributed by atoms with Crippen molar-refractivity contribution in [1.82, 2.24) is 9.88 Å². The van der Waals surface area contributed by atoms with Gasteiger partial charge < -0.3 is 5.73 Å². The van der Waals surface area contributed by atoms with Gasteiger partial charge in [-0.3, -0.25) is 24.3 Å². The molecule has 0 atom stereocenters. The molecule has 0 spiro atoms. The van der Waals surface area contributed by atoms with E-state index in [0.717, 1.165) is 10.6 Å². The number of nitriles is 1. The molecule has 0 fully saturated rings. The van der Waals surface area contributed by atoms with Crippen LogP contribution in [0.4, 0.5) is 5.82 Å². The Morgan fingerprint density at radius 2 is 1.91 bits per heavy atom. The Hall–Kier alpha value is -2.92. The number of imide groups is 1. The second-order valence-electron chi connectivity index (χ2n) is 4.55. The number of rotatable bonds is 1. The molecule has 3 N–H and O–H groups in total. The Morgan fingerprint density at radius 3 is 2.59 bits per heavy atom. The first-order chi connectivity index (χ1) is 10.4. The summed E-state index contributed by atoms with van der Waals surface area (Å²) >= 11 is 3.24. The number of fused-ring (bicyclic) bond motifs is 1. The molecule has 108 valence electrons. The van der Waals surface area contributed by atoms with Crippen LogP contribution in [-0.4, -0.2) is 16.4 Å². The van der Waals surface area contributed by atoms with Crippen LogP contribution in [0.2, 0.25) is 0 Å². The van der Waals surface area contributed by atoms with Crippen molar-refractivity contribution >= 4 is 33.6 Å². The summed E-state index contributed by atoms with van der Waals surface area (Å²) in [5, 5.41) is 11.3. The van der Waals surface area contributed by atoms with E-state index in [-0.39, 0.29) is 28.2 Å². The normalized spacial score (nSPS) is 12.7. The molecule has 2 aromatic rings. The molecule has 0 bridgehead atoms. The van der Waals surface area contributed by atoms with E-state index >= 15 is 0 Å². The molecule has 2 heterocycles. The third-order valence-corrected chi connectivity index (χ3v) is 3.77. The lowest BCUT2D eigenvalue weighted by molar-refractivity contribution is 0.0880. The van der Waals surface area contributed by atoms with Crippen LogP contribution in [0.1, 0.15) is 26.3 Å². The Labute approximate surface area is 132 Å². The largest absolute Gasteiger partial charge is 0.384 e. The van der Waals surface area contributed by atoms with Gasteiger partial charge >= 0.3 is 0 Å². The molecule has 22 heavy (non-hydrogen) atoms. The van der Waals surface area contributed by atoms with Crippen molar-refractivity contribution in [3.63, 3.8) is 0 Å². The highest BCUT2D eigenvalue weighted by Gasteiger charge is 2.32. The molecule has 0 saturated carbocycles. The molecule has 1 aliphatic rings. The van der Waals surface area contributed by atoms with E-state index in [4.69, 9.17) is 5.73 Å². The standard InChI is InChI=1S/C14H7BrN4O3/c15-7-1-2-9(6(3-7)5-16)19-10(20)4-8-11(12(19)17)14(22)18-13(8)21/h1-4H,17H2,(H,18,21,22). The van der Waals surface area contributed by atoms with Gasteiger partial charge in [0.1, 0.15) is 11.9 Å².